The molecule has 0 radical (unpaired) electrons. The van der Waals surface area contributed by atoms with E-state index in [0.717, 1.165) is 17.5 Å². The van der Waals surface area contributed by atoms with Crippen molar-refractivity contribution >= 4 is 11.8 Å². The van der Waals surface area contributed by atoms with Crippen molar-refractivity contribution in [1.82, 2.24) is 15.6 Å². The molecule has 2 N–H and O–H groups in total. The van der Waals surface area contributed by atoms with E-state index >= 15 is 0 Å². The molecule has 0 spiro atoms. The lowest BCUT2D eigenvalue weighted by Crippen LogP contribution is -2.46. The monoisotopic (exact) mass is 301 g/mol. The summed E-state index contributed by atoms with van der Waals surface area (Å²) in [7, 11) is 0. The van der Waals surface area contributed by atoms with Crippen LogP contribution in [0.2, 0.25) is 0 Å². The molecule has 2 aliphatic rings. The van der Waals surface area contributed by atoms with Gasteiger partial charge in [0, 0.05) is 12.2 Å². The van der Waals surface area contributed by atoms with Gasteiger partial charge in [-0.05, 0) is 56.1 Å². The van der Waals surface area contributed by atoms with E-state index in [-0.39, 0.29) is 12.6 Å². The van der Waals surface area contributed by atoms with Crippen LogP contribution in [0.15, 0.2) is 24.4 Å². The molecule has 1 aromatic heterocycles. The standard InChI is InChI=1S/C17H23N3O2/c1-11(15-9-12-5-6-13(15)8-12)20-17(22)16(21)19-10-14-4-2-3-7-18-14/h2-4,7,11-13,15H,5-6,8-10H2,1H3,(H,19,21)(H,20,22). The first-order chi connectivity index (χ1) is 10.6. The molecule has 5 heteroatoms. The van der Waals surface area contributed by atoms with E-state index < -0.39 is 11.8 Å². The first-order valence-electron chi connectivity index (χ1n) is 8.12. The van der Waals surface area contributed by atoms with Gasteiger partial charge >= 0.3 is 11.8 Å². The Bertz CT molecular complexity index is 546. The van der Waals surface area contributed by atoms with Crippen molar-refractivity contribution in [3.05, 3.63) is 30.1 Å². The molecule has 2 fully saturated rings. The molecule has 0 saturated heterocycles. The lowest BCUT2D eigenvalue weighted by atomic mass is 9.84. The zero-order valence-electron chi connectivity index (χ0n) is 12.9. The SMILES string of the molecule is CC(NC(=O)C(=O)NCc1ccccn1)C1CC2CCC1C2. The van der Waals surface area contributed by atoms with Crippen molar-refractivity contribution in [2.75, 3.05) is 0 Å². The topological polar surface area (TPSA) is 71.1 Å². The minimum atomic E-state index is -0.583. The Morgan fingerprint density at radius 2 is 2.14 bits per heavy atom. The van der Waals surface area contributed by atoms with Crippen LogP contribution in [0.4, 0.5) is 0 Å². The molecule has 2 amide bonds. The van der Waals surface area contributed by atoms with Crippen molar-refractivity contribution in [3.63, 3.8) is 0 Å². The third kappa shape index (κ3) is 3.29. The summed E-state index contributed by atoms with van der Waals surface area (Å²) >= 11 is 0. The van der Waals surface area contributed by atoms with Crippen LogP contribution >= 0.6 is 0 Å². The fourth-order valence-electron chi connectivity index (χ4n) is 4.04. The van der Waals surface area contributed by atoms with Gasteiger partial charge in [-0.1, -0.05) is 12.5 Å². The van der Waals surface area contributed by atoms with Crippen molar-refractivity contribution in [1.29, 1.82) is 0 Å². The maximum absolute atomic E-state index is 12.0. The van der Waals surface area contributed by atoms with Crippen molar-refractivity contribution in [3.8, 4) is 0 Å². The van der Waals surface area contributed by atoms with Crippen LogP contribution in [0.25, 0.3) is 0 Å². The molecule has 4 atom stereocenters. The Labute approximate surface area is 130 Å². The van der Waals surface area contributed by atoms with Crippen LogP contribution in [-0.2, 0) is 16.1 Å². The summed E-state index contributed by atoms with van der Waals surface area (Å²) in [6.45, 7) is 2.30. The molecule has 2 bridgehead atoms. The summed E-state index contributed by atoms with van der Waals surface area (Å²) in [6.07, 6.45) is 6.78. The maximum atomic E-state index is 12.0. The Morgan fingerprint density at radius 1 is 1.27 bits per heavy atom. The number of carbonyl (C=O) groups excluding carboxylic acids is 2. The van der Waals surface area contributed by atoms with Gasteiger partial charge in [-0.15, -0.1) is 0 Å². The lowest BCUT2D eigenvalue weighted by molar-refractivity contribution is -0.140. The van der Waals surface area contributed by atoms with Crippen molar-refractivity contribution in [2.45, 2.75) is 45.2 Å². The Balaban J connectivity index is 1.46. The van der Waals surface area contributed by atoms with E-state index in [9.17, 15) is 9.59 Å². The predicted octanol–water partition coefficient (Wildman–Crippen LogP) is 1.64. The number of hydrogen-bond donors (Lipinski definition) is 2. The van der Waals surface area contributed by atoms with Crippen molar-refractivity contribution < 1.29 is 9.59 Å². The highest BCUT2D eigenvalue weighted by Gasteiger charge is 2.42. The van der Waals surface area contributed by atoms with Crippen LogP contribution in [0, 0.1) is 17.8 Å². The molecule has 4 unspecified atom stereocenters. The maximum Gasteiger partial charge on any atom is 0.309 e. The first-order valence-corrected chi connectivity index (χ1v) is 8.12. The molecule has 22 heavy (non-hydrogen) atoms. The average molecular weight is 301 g/mol. The van der Waals surface area contributed by atoms with Gasteiger partial charge in [0.05, 0.1) is 12.2 Å². The van der Waals surface area contributed by atoms with Gasteiger partial charge in [0.2, 0.25) is 0 Å². The number of carbonyl (C=O) groups is 2. The van der Waals surface area contributed by atoms with Crippen LogP contribution < -0.4 is 10.6 Å². The molecule has 3 rings (SSSR count). The molecular weight excluding hydrogens is 278 g/mol. The van der Waals surface area contributed by atoms with Gasteiger partial charge in [-0.25, -0.2) is 0 Å². The largest absolute Gasteiger partial charge is 0.345 e. The minimum Gasteiger partial charge on any atom is -0.345 e. The quantitative estimate of drug-likeness (QED) is 0.831. The third-order valence-corrected chi connectivity index (χ3v) is 5.16. The van der Waals surface area contributed by atoms with Crippen LogP contribution in [0.5, 0.6) is 0 Å². The third-order valence-electron chi connectivity index (χ3n) is 5.16. The van der Waals surface area contributed by atoms with Gasteiger partial charge in [0.15, 0.2) is 0 Å². The number of nitrogens with zero attached hydrogens (tertiary/aromatic N) is 1. The normalized spacial score (nSPS) is 27.4. The number of pyridine rings is 1. The number of hydrogen-bond acceptors (Lipinski definition) is 3. The van der Waals surface area contributed by atoms with E-state index in [1.54, 1.807) is 6.20 Å². The molecule has 2 saturated carbocycles. The lowest BCUT2D eigenvalue weighted by Gasteiger charge is -2.28. The second kappa shape index (κ2) is 6.46. The van der Waals surface area contributed by atoms with Crippen LogP contribution in [0.1, 0.15) is 38.3 Å². The number of aromatic nitrogens is 1. The van der Waals surface area contributed by atoms with Crippen molar-refractivity contribution in [2.24, 2.45) is 17.8 Å². The second-order valence-corrected chi connectivity index (χ2v) is 6.60. The highest BCUT2D eigenvalue weighted by Crippen LogP contribution is 2.49. The van der Waals surface area contributed by atoms with Gasteiger partial charge in [0.1, 0.15) is 0 Å². The van der Waals surface area contributed by atoms with E-state index in [2.05, 4.69) is 15.6 Å². The molecule has 5 nitrogen and oxygen atoms in total. The summed E-state index contributed by atoms with van der Waals surface area (Å²) in [4.78, 5) is 28.0. The van der Waals surface area contributed by atoms with Gasteiger partial charge in [-0.2, -0.15) is 0 Å². The minimum absolute atomic E-state index is 0.0726. The molecular formula is C17H23N3O2. The zero-order chi connectivity index (χ0) is 15.5. The van der Waals surface area contributed by atoms with E-state index in [4.69, 9.17) is 0 Å². The van der Waals surface area contributed by atoms with Gasteiger partial charge in [0.25, 0.3) is 0 Å². The number of amides is 2. The highest BCUT2D eigenvalue weighted by atomic mass is 16.2. The van der Waals surface area contributed by atoms with E-state index in [1.165, 1.54) is 25.7 Å². The summed E-state index contributed by atoms with van der Waals surface area (Å²) < 4.78 is 0. The van der Waals surface area contributed by atoms with E-state index in [1.807, 2.05) is 25.1 Å². The Kier molecular flexibility index (Phi) is 4.41. The highest BCUT2D eigenvalue weighted by molar-refractivity contribution is 6.35. The molecule has 1 aromatic rings. The molecule has 1 heterocycles. The molecule has 0 aliphatic heterocycles. The average Bonchev–Trinajstić information content (AvgIpc) is 3.16. The molecule has 0 aromatic carbocycles. The fourth-order valence-corrected chi connectivity index (χ4v) is 4.04. The van der Waals surface area contributed by atoms with Crippen LogP contribution in [-0.4, -0.2) is 22.8 Å². The first kappa shape index (κ1) is 15.0. The van der Waals surface area contributed by atoms with Gasteiger partial charge < -0.3 is 10.6 Å². The second-order valence-electron chi connectivity index (χ2n) is 6.60. The number of fused-ring (bicyclic) bond motifs is 2. The number of rotatable bonds is 4. The van der Waals surface area contributed by atoms with Gasteiger partial charge in [-0.3, -0.25) is 14.6 Å². The summed E-state index contributed by atoms with van der Waals surface area (Å²) in [5.41, 5.74) is 0.741. The number of nitrogens with one attached hydrogen (secondary N) is 2. The predicted molar refractivity (Wildman–Crippen MR) is 82.6 cm³/mol. The molecule has 118 valence electrons. The summed E-state index contributed by atoms with van der Waals surface area (Å²) in [5, 5.41) is 5.49. The summed E-state index contributed by atoms with van der Waals surface area (Å²) in [6, 6.07) is 5.56. The smallest absolute Gasteiger partial charge is 0.309 e. The van der Waals surface area contributed by atoms with Crippen LogP contribution in [0.3, 0.4) is 0 Å². The van der Waals surface area contributed by atoms with E-state index in [0.29, 0.717) is 5.92 Å². The summed E-state index contributed by atoms with van der Waals surface area (Å²) in [5.74, 6) is 0.988. The Hall–Kier alpha value is -1.91. The fraction of sp³-hybridized carbons (Fsp3) is 0.588. The zero-order valence-corrected chi connectivity index (χ0v) is 12.9. The molecule has 2 aliphatic carbocycles. The Morgan fingerprint density at radius 3 is 2.77 bits per heavy atom.